The number of anilines is 2. The number of benzene rings is 1. The summed E-state index contributed by atoms with van der Waals surface area (Å²) >= 11 is 13.4. The minimum Gasteiger partial charge on any atom is -0.338 e. The second-order valence-electron chi connectivity index (χ2n) is 3.44. The molecule has 19 heavy (non-hydrogen) atoms. The first-order chi connectivity index (χ1) is 9.15. The molecule has 0 amide bonds. The second-order valence-corrected chi connectivity index (χ2v) is 4.98. The van der Waals surface area contributed by atoms with E-state index in [2.05, 4.69) is 15.3 Å². The molecular formula is C12H8Cl2N4S. The first-order valence-corrected chi connectivity index (χ1v) is 7.17. The molecule has 0 fully saturated rings. The van der Waals surface area contributed by atoms with Crippen molar-refractivity contribution in [1.82, 2.24) is 9.97 Å². The van der Waals surface area contributed by atoms with E-state index in [-0.39, 0.29) is 10.7 Å². The highest BCUT2D eigenvalue weighted by Crippen LogP contribution is 2.29. The van der Waals surface area contributed by atoms with Crippen LogP contribution in [0.2, 0.25) is 10.2 Å². The van der Waals surface area contributed by atoms with Crippen LogP contribution in [0.25, 0.3) is 0 Å². The SMILES string of the molecule is CSc1nc(Cl)c(C#N)c(Nc2ccccc2Cl)n1. The van der Waals surface area contributed by atoms with Gasteiger partial charge in [0.05, 0.1) is 10.7 Å². The van der Waals surface area contributed by atoms with Gasteiger partial charge in [-0.25, -0.2) is 9.97 Å². The lowest BCUT2D eigenvalue weighted by Crippen LogP contribution is -2.01. The molecule has 2 aromatic rings. The molecule has 0 unspecified atom stereocenters. The molecule has 2 rings (SSSR count). The largest absolute Gasteiger partial charge is 0.338 e. The van der Waals surface area contributed by atoms with Gasteiger partial charge in [-0.1, -0.05) is 47.1 Å². The summed E-state index contributed by atoms with van der Waals surface area (Å²) in [6.45, 7) is 0. The van der Waals surface area contributed by atoms with Crippen molar-refractivity contribution in [2.75, 3.05) is 11.6 Å². The standard InChI is InChI=1S/C12H8Cl2N4S/c1-19-12-17-10(14)7(6-15)11(18-12)16-9-5-3-2-4-8(9)13/h2-5H,1H3,(H,16,17,18). The van der Waals surface area contributed by atoms with Gasteiger partial charge >= 0.3 is 0 Å². The lowest BCUT2D eigenvalue weighted by Gasteiger charge is -2.10. The van der Waals surface area contributed by atoms with Crippen LogP contribution in [0, 0.1) is 11.3 Å². The fraction of sp³-hybridized carbons (Fsp3) is 0.0833. The van der Waals surface area contributed by atoms with Crippen molar-refractivity contribution in [3.63, 3.8) is 0 Å². The van der Waals surface area contributed by atoms with Gasteiger partial charge in [0.1, 0.15) is 11.6 Å². The monoisotopic (exact) mass is 310 g/mol. The van der Waals surface area contributed by atoms with Crippen molar-refractivity contribution in [3.8, 4) is 6.07 Å². The highest BCUT2D eigenvalue weighted by Gasteiger charge is 2.13. The molecule has 0 aliphatic carbocycles. The molecule has 1 heterocycles. The van der Waals surface area contributed by atoms with Crippen LogP contribution in [0.5, 0.6) is 0 Å². The molecule has 0 aliphatic rings. The molecule has 1 aromatic carbocycles. The van der Waals surface area contributed by atoms with Gasteiger partial charge in [-0.15, -0.1) is 0 Å². The van der Waals surface area contributed by atoms with E-state index in [1.54, 1.807) is 12.1 Å². The number of nitrogens with one attached hydrogen (secondary N) is 1. The van der Waals surface area contributed by atoms with Crippen LogP contribution in [0.3, 0.4) is 0 Å². The summed E-state index contributed by atoms with van der Waals surface area (Å²) < 4.78 is 0. The van der Waals surface area contributed by atoms with E-state index in [1.807, 2.05) is 24.5 Å². The maximum atomic E-state index is 9.12. The average Bonchev–Trinajstić information content (AvgIpc) is 2.41. The smallest absolute Gasteiger partial charge is 0.190 e. The number of hydrogen-bond donors (Lipinski definition) is 1. The third-order valence-corrected chi connectivity index (χ3v) is 3.42. The number of halogens is 2. The Morgan fingerprint density at radius 2 is 2.00 bits per heavy atom. The zero-order chi connectivity index (χ0) is 13.8. The fourth-order valence-electron chi connectivity index (χ4n) is 1.39. The van der Waals surface area contributed by atoms with Gasteiger partial charge in [-0.2, -0.15) is 5.26 Å². The lowest BCUT2D eigenvalue weighted by atomic mass is 10.3. The number of hydrogen-bond acceptors (Lipinski definition) is 5. The molecule has 0 aliphatic heterocycles. The maximum absolute atomic E-state index is 9.12. The summed E-state index contributed by atoms with van der Waals surface area (Å²) in [4.78, 5) is 8.24. The normalized spacial score (nSPS) is 10.0. The van der Waals surface area contributed by atoms with Crippen molar-refractivity contribution in [1.29, 1.82) is 5.26 Å². The maximum Gasteiger partial charge on any atom is 0.190 e. The number of nitriles is 1. The van der Waals surface area contributed by atoms with Gasteiger partial charge in [0.2, 0.25) is 0 Å². The number of aromatic nitrogens is 2. The van der Waals surface area contributed by atoms with E-state index in [1.165, 1.54) is 11.8 Å². The Balaban J connectivity index is 2.48. The summed E-state index contributed by atoms with van der Waals surface area (Å²) in [7, 11) is 0. The van der Waals surface area contributed by atoms with Crippen molar-refractivity contribution in [3.05, 3.63) is 40.0 Å². The summed E-state index contributed by atoms with van der Waals surface area (Å²) in [6, 6.07) is 9.17. The van der Waals surface area contributed by atoms with Crippen LogP contribution >= 0.6 is 35.0 Å². The van der Waals surface area contributed by atoms with E-state index < -0.39 is 0 Å². The summed E-state index contributed by atoms with van der Waals surface area (Å²) in [6.07, 6.45) is 1.83. The zero-order valence-electron chi connectivity index (χ0n) is 9.82. The summed E-state index contributed by atoms with van der Waals surface area (Å²) in [5, 5.41) is 13.3. The van der Waals surface area contributed by atoms with E-state index in [0.717, 1.165) is 0 Å². The summed E-state index contributed by atoms with van der Waals surface area (Å²) in [5.41, 5.74) is 0.849. The highest BCUT2D eigenvalue weighted by atomic mass is 35.5. The van der Waals surface area contributed by atoms with Crippen LogP contribution in [0.4, 0.5) is 11.5 Å². The van der Waals surface area contributed by atoms with Crippen LogP contribution in [-0.4, -0.2) is 16.2 Å². The zero-order valence-corrected chi connectivity index (χ0v) is 12.1. The van der Waals surface area contributed by atoms with E-state index in [4.69, 9.17) is 28.5 Å². The quantitative estimate of drug-likeness (QED) is 0.525. The van der Waals surface area contributed by atoms with E-state index in [9.17, 15) is 0 Å². The molecule has 0 radical (unpaired) electrons. The second kappa shape index (κ2) is 6.11. The average molecular weight is 311 g/mol. The predicted molar refractivity (Wildman–Crippen MR) is 78.3 cm³/mol. The molecule has 4 nitrogen and oxygen atoms in total. The minimum absolute atomic E-state index is 0.122. The lowest BCUT2D eigenvalue weighted by molar-refractivity contribution is 0.969. The van der Waals surface area contributed by atoms with Crippen molar-refractivity contribution >= 4 is 46.5 Å². The molecule has 96 valence electrons. The Labute approximate surface area is 124 Å². The highest BCUT2D eigenvalue weighted by molar-refractivity contribution is 7.98. The molecule has 0 spiro atoms. The predicted octanol–water partition coefficient (Wildman–Crippen LogP) is 4.12. The molecule has 0 saturated carbocycles. The molecular weight excluding hydrogens is 303 g/mol. The van der Waals surface area contributed by atoms with Gasteiger partial charge in [0, 0.05) is 0 Å². The molecule has 0 atom stereocenters. The molecule has 1 aromatic heterocycles. The number of rotatable bonds is 3. The van der Waals surface area contributed by atoms with Crippen molar-refractivity contribution in [2.45, 2.75) is 5.16 Å². The molecule has 0 bridgehead atoms. The van der Waals surface area contributed by atoms with Crippen molar-refractivity contribution in [2.24, 2.45) is 0 Å². The summed E-state index contributed by atoms with van der Waals surface area (Å²) in [5.74, 6) is 0.347. The Kier molecular flexibility index (Phi) is 4.48. The Morgan fingerprint density at radius 1 is 1.26 bits per heavy atom. The first-order valence-electron chi connectivity index (χ1n) is 5.19. The van der Waals surface area contributed by atoms with E-state index >= 15 is 0 Å². The van der Waals surface area contributed by atoms with Gasteiger partial charge < -0.3 is 5.32 Å². The molecule has 1 N–H and O–H groups in total. The van der Waals surface area contributed by atoms with Crippen molar-refractivity contribution < 1.29 is 0 Å². The van der Waals surface area contributed by atoms with Gasteiger partial charge in [0.15, 0.2) is 16.1 Å². The third-order valence-electron chi connectivity index (χ3n) is 2.27. The minimum atomic E-state index is 0.122. The number of thioether (sulfide) groups is 1. The van der Waals surface area contributed by atoms with Gasteiger partial charge in [0.25, 0.3) is 0 Å². The third kappa shape index (κ3) is 3.10. The molecule has 0 saturated heterocycles. The topological polar surface area (TPSA) is 61.6 Å². The van der Waals surface area contributed by atoms with Crippen LogP contribution in [-0.2, 0) is 0 Å². The number of para-hydroxylation sites is 1. The van der Waals surface area contributed by atoms with Crippen LogP contribution < -0.4 is 5.32 Å². The van der Waals surface area contributed by atoms with Crippen LogP contribution in [0.15, 0.2) is 29.4 Å². The number of nitrogens with zero attached hydrogens (tertiary/aromatic N) is 3. The molecule has 7 heteroatoms. The van der Waals surface area contributed by atoms with E-state index in [0.29, 0.717) is 21.7 Å². The fourth-order valence-corrected chi connectivity index (χ4v) is 2.20. The first kappa shape index (κ1) is 13.9. The van der Waals surface area contributed by atoms with Gasteiger partial charge in [-0.05, 0) is 18.4 Å². The Bertz CT molecular complexity index is 655. The Morgan fingerprint density at radius 3 is 2.63 bits per heavy atom. The Hall–Kier alpha value is -1.48. The van der Waals surface area contributed by atoms with Crippen LogP contribution in [0.1, 0.15) is 5.56 Å². The van der Waals surface area contributed by atoms with Gasteiger partial charge in [-0.3, -0.25) is 0 Å².